The van der Waals surface area contributed by atoms with Crippen LogP contribution in [0, 0.1) is 5.82 Å². The first-order valence-electron chi connectivity index (χ1n) is 6.93. The van der Waals surface area contributed by atoms with E-state index in [0.717, 1.165) is 4.47 Å². The lowest BCUT2D eigenvalue weighted by Crippen LogP contribution is -2.11. The van der Waals surface area contributed by atoms with Gasteiger partial charge in [0.2, 0.25) is 0 Å². The molecule has 0 aliphatic rings. The molecule has 0 atom stereocenters. The zero-order chi connectivity index (χ0) is 17.1. The Bertz CT molecular complexity index is 881. The van der Waals surface area contributed by atoms with Gasteiger partial charge < -0.3 is 4.74 Å². The fourth-order valence-corrected chi connectivity index (χ4v) is 3.04. The Balaban J connectivity index is 1.77. The molecule has 0 saturated heterocycles. The normalized spacial score (nSPS) is 10.5. The number of methoxy groups -OCH3 is 1. The fourth-order valence-electron chi connectivity index (χ4n) is 2.06. The second kappa shape index (κ2) is 7.11. The highest BCUT2D eigenvalue weighted by atomic mass is 79.9. The number of amides is 1. The summed E-state index contributed by atoms with van der Waals surface area (Å²) in [6.07, 6.45) is 0. The maximum atomic E-state index is 13.8. The number of halogens is 2. The maximum Gasteiger partial charge on any atom is 0.257 e. The Morgan fingerprint density at radius 3 is 2.67 bits per heavy atom. The largest absolute Gasteiger partial charge is 0.494 e. The summed E-state index contributed by atoms with van der Waals surface area (Å²) in [4.78, 5) is 16.5. The molecule has 0 aliphatic carbocycles. The van der Waals surface area contributed by atoms with Gasteiger partial charge in [-0.05, 0) is 42.5 Å². The zero-order valence-electron chi connectivity index (χ0n) is 12.5. The number of anilines is 1. The summed E-state index contributed by atoms with van der Waals surface area (Å²) in [6, 6.07) is 11.6. The van der Waals surface area contributed by atoms with Crippen LogP contribution in [-0.4, -0.2) is 18.0 Å². The molecule has 0 spiro atoms. The smallest absolute Gasteiger partial charge is 0.257 e. The van der Waals surface area contributed by atoms with Crippen LogP contribution in [0.3, 0.4) is 0 Å². The predicted octanol–water partition coefficient (Wildman–Crippen LogP) is 4.97. The molecule has 1 amide bonds. The van der Waals surface area contributed by atoms with Crippen molar-refractivity contribution in [2.45, 2.75) is 0 Å². The second-order valence-corrected chi connectivity index (χ2v) is 6.62. The SMILES string of the molecule is COc1ccc(-c2csc(NC(=O)c3ccc(Br)cc3)n2)cc1F. The van der Waals surface area contributed by atoms with E-state index in [0.29, 0.717) is 22.0 Å². The van der Waals surface area contributed by atoms with Crippen LogP contribution in [0.15, 0.2) is 52.3 Å². The van der Waals surface area contributed by atoms with Gasteiger partial charge in [0.25, 0.3) is 5.91 Å². The van der Waals surface area contributed by atoms with Gasteiger partial charge in [-0.3, -0.25) is 10.1 Å². The van der Waals surface area contributed by atoms with Crippen LogP contribution in [0.5, 0.6) is 5.75 Å². The first-order valence-corrected chi connectivity index (χ1v) is 8.60. The summed E-state index contributed by atoms with van der Waals surface area (Å²) in [5.74, 6) is -0.523. The minimum absolute atomic E-state index is 0.178. The van der Waals surface area contributed by atoms with E-state index in [4.69, 9.17) is 4.74 Å². The highest BCUT2D eigenvalue weighted by Gasteiger charge is 2.11. The van der Waals surface area contributed by atoms with E-state index in [-0.39, 0.29) is 11.7 Å². The third-order valence-corrected chi connectivity index (χ3v) is 4.57. The summed E-state index contributed by atoms with van der Waals surface area (Å²) in [7, 11) is 1.41. The average Bonchev–Trinajstić information content (AvgIpc) is 3.04. The highest BCUT2D eigenvalue weighted by molar-refractivity contribution is 9.10. The molecule has 1 N–H and O–H groups in total. The van der Waals surface area contributed by atoms with Gasteiger partial charge >= 0.3 is 0 Å². The van der Waals surface area contributed by atoms with Crippen LogP contribution in [0.1, 0.15) is 10.4 Å². The first kappa shape index (κ1) is 16.6. The van der Waals surface area contributed by atoms with Crippen LogP contribution < -0.4 is 10.1 Å². The minimum Gasteiger partial charge on any atom is -0.494 e. The molecule has 1 aromatic heterocycles. The molecule has 3 rings (SSSR count). The van der Waals surface area contributed by atoms with Gasteiger partial charge in [0.1, 0.15) is 0 Å². The van der Waals surface area contributed by atoms with E-state index in [2.05, 4.69) is 26.2 Å². The molecule has 3 aromatic rings. The third-order valence-electron chi connectivity index (χ3n) is 3.28. The molecule has 2 aromatic carbocycles. The zero-order valence-corrected chi connectivity index (χ0v) is 14.9. The molecule has 24 heavy (non-hydrogen) atoms. The Morgan fingerprint density at radius 1 is 1.25 bits per heavy atom. The van der Waals surface area contributed by atoms with E-state index in [1.54, 1.807) is 41.8 Å². The van der Waals surface area contributed by atoms with Crippen molar-refractivity contribution in [3.8, 4) is 17.0 Å². The molecule has 0 saturated carbocycles. The van der Waals surface area contributed by atoms with E-state index in [1.807, 2.05) is 0 Å². The van der Waals surface area contributed by atoms with Crippen molar-refractivity contribution in [3.05, 3.63) is 63.7 Å². The first-order chi connectivity index (χ1) is 11.6. The molecule has 0 bridgehead atoms. The van der Waals surface area contributed by atoms with E-state index < -0.39 is 5.82 Å². The number of nitrogens with zero attached hydrogens (tertiary/aromatic N) is 1. The average molecular weight is 407 g/mol. The van der Waals surface area contributed by atoms with Crippen molar-refractivity contribution in [1.82, 2.24) is 4.98 Å². The molecule has 0 fully saturated rings. The number of aromatic nitrogens is 1. The van der Waals surface area contributed by atoms with E-state index >= 15 is 0 Å². The lowest BCUT2D eigenvalue weighted by Gasteiger charge is -2.03. The number of hydrogen-bond donors (Lipinski definition) is 1. The predicted molar refractivity (Wildman–Crippen MR) is 96.2 cm³/mol. The Morgan fingerprint density at radius 2 is 2.00 bits per heavy atom. The summed E-state index contributed by atoms with van der Waals surface area (Å²) in [5, 5.41) is 4.95. The van der Waals surface area contributed by atoms with Crippen LogP contribution in [-0.2, 0) is 0 Å². The molecular weight excluding hydrogens is 395 g/mol. The van der Waals surface area contributed by atoms with Crippen molar-refractivity contribution in [2.24, 2.45) is 0 Å². The monoisotopic (exact) mass is 406 g/mol. The van der Waals surface area contributed by atoms with Gasteiger partial charge in [-0.1, -0.05) is 15.9 Å². The number of benzene rings is 2. The van der Waals surface area contributed by atoms with E-state index in [9.17, 15) is 9.18 Å². The fraction of sp³-hybridized carbons (Fsp3) is 0.0588. The number of rotatable bonds is 4. The summed E-state index contributed by atoms with van der Waals surface area (Å²) in [6.45, 7) is 0. The summed E-state index contributed by atoms with van der Waals surface area (Å²) < 4.78 is 19.6. The van der Waals surface area contributed by atoms with Crippen LogP contribution >= 0.6 is 27.3 Å². The quantitative estimate of drug-likeness (QED) is 0.664. The van der Waals surface area contributed by atoms with Gasteiger partial charge in [0.05, 0.1) is 12.8 Å². The topological polar surface area (TPSA) is 51.2 Å². The maximum absolute atomic E-state index is 13.8. The highest BCUT2D eigenvalue weighted by Crippen LogP contribution is 2.28. The Hall–Kier alpha value is -2.25. The molecular formula is C17H12BrFN2O2S. The Kier molecular flexibility index (Phi) is 4.92. The number of hydrogen-bond acceptors (Lipinski definition) is 4. The number of carbonyl (C=O) groups excluding carboxylic acids is 1. The van der Waals surface area contributed by atoms with Crippen molar-refractivity contribution < 1.29 is 13.9 Å². The molecule has 122 valence electrons. The molecule has 0 unspecified atom stereocenters. The lowest BCUT2D eigenvalue weighted by atomic mass is 10.1. The Labute approximate surface area is 150 Å². The second-order valence-electron chi connectivity index (χ2n) is 4.85. The minimum atomic E-state index is -0.455. The standard InChI is InChI=1S/C17H12BrFN2O2S/c1-23-15-7-4-11(8-13(15)19)14-9-24-17(20-14)21-16(22)10-2-5-12(18)6-3-10/h2-9H,1H3,(H,20,21,22). The van der Waals surface area contributed by atoms with Crippen molar-refractivity contribution in [3.63, 3.8) is 0 Å². The van der Waals surface area contributed by atoms with Gasteiger partial charge in [0, 0.05) is 21.0 Å². The van der Waals surface area contributed by atoms with Crippen molar-refractivity contribution in [2.75, 3.05) is 12.4 Å². The van der Waals surface area contributed by atoms with Gasteiger partial charge in [-0.25, -0.2) is 9.37 Å². The number of carbonyl (C=O) groups is 1. The van der Waals surface area contributed by atoms with Crippen molar-refractivity contribution in [1.29, 1.82) is 0 Å². The van der Waals surface area contributed by atoms with Crippen LogP contribution in [0.4, 0.5) is 9.52 Å². The van der Waals surface area contributed by atoms with E-state index in [1.165, 1.54) is 24.5 Å². The lowest BCUT2D eigenvalue weighted by molar-refractivity contribution is 0.102. The van der Waals surface area contributed by atoms with Gasteiger partial charge in [-0.2, -0.15) is 0 Å². The van der Waals surface area contributed by atoms with Crippen LogP contribution in [0.2, 0.25) is 0 Å². The van der Waals surface area contributed by atoms with Gasteiger partial charge in [0.15, 0.2) is 16.7 Å². The molecule has 1 heterocycles. The molecule has 7 heteroatoms. The van der Waals surface area contributed by atoms with Crippen molar-refractivity contribution >= 4 is 38.3 Å². The molecule has 4 nitrogen and oxygen atoms in total. The third kappa shape index (κ3) is 3.63. The number of thiazole rings is 1. The summed E-state index contributed by atoms with van der Waals surface area (Å²) in [5.41, 5.74) is 1.74. The van der Waals surface area contributed by atoms with Gasteiger partial charge in [-0.15, -0.1) is 11.3 Å². The molecule has 0 radical (unpaired) electrons. The number of nitrogens with one attached hydrogen (secondary N) is 1. The number of ether oxygens (including phenoxy) is 1. The summed E-state index contributed by atoms with van der Waals surface area (Å²) >= 11 is 4.61. The van der Waals surface area contributed by atoms with Crippen LogP contribution in [0.25, 0.3) is 11.3 Å². The molecule has 0 aliphatic heterocycles.